The van der Waals surface area contributed by atoms with E-state index in [0.29, 0.717) is 5.88 Å². The second-order valence-electron chi connectivity index (χ2n) is 9.29. The number of aliphatic carboxylic acids is 1. The third kappa shape index (κ3) is 6.10. The van der Waals surface area contributed by atoms with Crippen LogP contribution in [0.15, 0.2) is 35.7 Å². The molecule has 0 saturated carbocycles. The number of methoxy groups -OCH3 is 1. The zero-order chi connectivity index (χ0) is 24.2. The van der Waals surface area contributed by atoms with Gasteiger partial charge in [-0.3, -0.25) is 9.59 Å². The molecule has 1 fully saturated rings. The molecule has 1 N–H and O–H groups in total. The second kappa shape index (κ2) is 10.3. The summed E-state index contributed by atoms with van der Waals surface area (Å²) >= 11 is 1.58. The van der Waals surface area contributed by atoms with E-state index in [1.165, 1.54) is 12.0 Å². The number of amides is 1. The molecule has 0 bridgehead atoms. The summed E-state index contributed by atoms with van der Waals surface area (Å²) in [5.74, 6) is -2.30. The number of aromatic nitrogens is 1. The first-order valence-corrected chi connectivity index (χ1v) is 11.7. The molecule has 0 radical (unpaired) electrons. The molecule has 8 nitrogen and oxygen atoms in total. The zero-order valence-corrected chi connectivity index (χ0v) is 20.1. The molecule has 1 amide bonds. The molecule has 3 atom stereocenters. The van der Waals surface area contributed by atoms with Gasteiger partial charge in [-0.25, -0.2) is 9.78 Å². The number of esters is 1. The Hall–Kier alpha value is -2.94. The molecular weight excluding hydrogens is 444 g/mol. The lowest BCUT2D eigenvalue weighted by Crippen LogP contribution is -2.47. The van der Waals surface area contributed by atoms with Gasteiger partial charge in [0, 0.05) is 18.5 Å². The molecule has 3 rings (SSSR count). The van der Waals surface area contributed by atoms with Gasteiger partial charge in [0.05, 0.1) is 36.6 Å². The Morgan fingerprint density at radius 1 is 1.24 bits per heavy atom. The van der Waals surface area contributed by atoms with Crippen molar-refractivity contribution >= 4 is 29.2 Å². The summed E-state index contributed by atoms with van der Waals surface area (Å²) in [6.07, 6.45) is 0.184. The van der Waals surface area contributed by atoms with Gasteiger partial charge in [-0.15, -0.1) is 11.3 Å². The van der Waals surface area contributed by atoms with Crippen LogP contribution in [0.1, 0.15) is 33.6 Å². The van der Waals surface area contributed by atoms with Crippen LogP contribution in [0.2, 0.25) is 0 Å². The van der Waals surface area contributed by atoms with Gasteiger partial charge in [-0.2, -0.15) is 0 Å². The van der Waals surface area contributed by atoms with Crippen molar-refractivity contribution in [2.45, 2.75) is 39.7 Å². The van der Waals surface area contributed by atoms with Crippen molar-refractivity contribution < 1.29 is 29.0 Å². The third-order valence-electron chi connectivity index (χ3n) is 5.86. The van der Waals surface area contributed by atoms with Gasteiger partial charge in [0.25, 0.3) is 0 Å². The maximum atomic E-state index is 13.4. The minimum Gasteiger partial charge on any atom is -0.480 e. The summed E-state index contributed by atoms with van der Waals surface area (Å²) in [5, 5.41) is 11.7. The van der Waals surface area contributed by atoms with Crippen molar-refractivity contribution in [2.75, 3.05) is 20.3 Å². The predicted molar refractivity (Wildman–Crippen MR) is 124 cm³/mol. The van der Waals surface area contributed by atoms with Crippen molar-refractivity contribution in [3.8, 4) is 16.5 Å². The monoisotopic (exact) mass is 474 g/mol. The van der Waals surface area contributed by atoms with Crippen LogP contribution in [0.3, 0.4) is 0 Å². The highest BCUT2D eigenvalue weighted by atomic mass is 32.1. The molecule has 0 aromatic carbocycles. The van der Waals surface area contributed by atoms with Crippen LogP contribution >= 0.6 is 11.3 Å². The molecule has 0 spiro atoms. The summed E-state index contributed by atoms with van der Waals surface area (Å²) in [4.78, 5) is 44.1. The SMILES string of the molecule is COC(=O)C[C@H](C(=O)N1C[C@H](COc2cccc(-c3cccs3)n2)C[C@H]1C(=O)O)C(C)(C)C. The van der Waals surface area contributed by atoms with Gasteiger partial charge in [0.1, 0.15) is 6.04 Å². The number of carbonyl (C=O) groups excluding carboxylic acids is 2. The quantitative estimate of drug-likeness (QED) is 0.581. The van der Waals surface area contributed by atoms with Crippen molar-refractivity contribution in [3.05, 3.63) is 35.7 Å². The minimum absolute atomic E-state index is 0.0950. The molecule has 33 heavy (non-hydrogen) atoms. The lowest BCUT2D eigenvalue weighted by molar-refractivity contribution is -0.154. The molecule has 2 aromatic heterocycles. The van der Waals surface area contributed by atoms with E-state index in [1.807, 2.05) is 50.4 Å². The van der Waals surface area contributed by atoms with E-state index in [2.05, 4.69) is 4.98 Å². The zero-order valence-electron chi connectivity index (χ0n) is 19.3. The van der Waals surface area contributed by atoms with Crippen LogP contribution in [0, 0.1) is 17.3 Å². The van der Waals surface area contributed by atoms with Crippen LogP contribution in [0.4, 0.5) is 0 Å². The van der Waals surface area contributed by atoms with Gasteiger partial charge >= 0.3 is 11.9 Å². The fraction of sp³-hybridized carbons (Fsp3) is 0.500. The molecule has 1 aliphatic rings. The number of carboxylic acid groups (broad SMARTS) is 1. The summed E-state index contributed by atoms with van der Waals surface area (Å²) < 4.78 is 10.6. The number of rotatable bonds is 8. The van der Waals surface area contributed by atoms with Gasteiger partial charge in [-0.1, -0.05) is 32.9 Å². The van der Waals surface area contributed by atoms with Gasteiger partial charge in [-0.05, 0) is 29.3 Å². The van der Waals surface area contributed by atoms with Crippen molar-refractivity contribution in [1.29, 1.82) is 0 Å². The van der Waals surface area contributed by atoms with E-state index < -0.39 is 29.3 Å². The van der Waals surface area contributed by atoms with Crippen molar-refractivity contribution in [2.24, 2.45) is 17.3 Å². The average Bonchev–Trinajstić information content (AvgIpc) is 3.45. The number of thiophene rings is 1. The first-order chi connectivity index (χ1) is 15.6. The Morgan fingerprint density at radius 2 is 2.00 bits per heavy atom. The number of ether oxygens (including phenoxy) is 2. The van der Waals surface area contributed by atoms with Crippen molar-refractivity contribution in [1.82, 2.24) is 9.88 Å². The Balaban J connectivity index is 1.70. The summed E-state index contributed by atoms with van der Waals surface area (Å²) in [5.41, 5.74) is 0.277. The maximum absolute atomic E-state index is 13.4. The Labute approximate surface area is 197 Å². The van der Waals surface area contributed by atoms with Crippen LogP contribution < -0.4 is 4.74 Å². The lowest BCUT2D eigenvalue weighted by Gasteiger charge is -2.33. The molecule has 3 heterocycles. The van der Waals surface area contributed by atoms with Crippen LogP contribution in [-0.4, -0.2) is 59.1 Å². The van der Waals surface area contributed by atoms with E-state index in [9.17, 15) is 19.5 Å². The normalized spacial score (nSPS) is 19.2. The maximum Gasteiger partial charge on any atom is 0.326 e. The largest absolute Gasteiger partial charge is 0.480 e. The number of carboxylic acids is 1. The highest BCUT2D eigenvalue weighted by Gasteiger charge is 2.45. The topological polar surface area (TPSA) is 106 Å². The molecule has 9 heteroatoms. The first kappa shape index (κ1) is 24.7. The molecule has 0 aliphatic carbocycles. The molecular formula is C24H30N2O6S. The molecule has 178 valence electrons. The third-order valence-corrected chi connectivity index (χ3v) is 6.75. The van der Waals surface area contributed by atoms with E-state index in [1.54, 1.807) is 17.4 Å². The van der Waals surface area contributed by atoms with Gasteiger partial charge in [0.2, 0.25) is 11.8 Å². The number of pyridine rings is 1. The minimum atomic E-state index is -1.06. The van der Waals surface area contributed by atoms with Gasteiger partial charge in [0.15, 0.2) is 0 Å². The smallest absolute Gasteiger partial charge is 0.326 e. The van der Waals surface area contributed by atoms with Crippen LogP contribution in [0.5, 0.6) is 5.88 Å². The highest BCUT2D eigenvalue weighted by molar-refractivity contribution is 7.13. The van der Waals surface area contributed by atoms with Gasteiger partial charge < -0.3 is 19.5 Å². The second-order valence-corrected chi connectivity index (χ2v) is 10.2. The molecule has 0 unspecified atom stereocenters. The van der Waals surface area contributed by atoms with E-state index in [0.717, 1.165) is 10.6 Å². The van der Waals surface area contributed by atoms with E-state index in [4.69, 9.17) is 9.47 Å². The molecule has 2 aromatic rings. The summed E-state index contributed by atoms with van der Waals surface area (Å²) in [6, 6.07) is 8.51. The Bertz CT molecular complexity index is 985. The number of nitrogens with zero attached hydrogens (tertiary/aromatic N) is 2. The Morgan fingerprint density at radius 3 is 2.61 bits per heavy atom. The molecule has 1 saturated heterocycles. The van der Waals surface area contributed by atoms with E-state index in [-0.39, 0.29) is 37.8 Å². The predicted octanol–water partition coefficient (Wildman–Crippen LogP) is 3.72. The number of likely N-dealkylation sites (tertiary alicyclic amines) is 1. The summed E-state index contributed by atoms with van der Waals surface area (Å²) in [7, 11) is 1.28. The number of hydrogen-bond donors (Lipinski definition) is 1. The van der Waals surface area contributed by atoms with Crippen LogP contribution in [0.25, 0.3) is 10.6 Å². The standard InChI is InChI=1S/C24H30N2O6S/c1-24(2,3)16(12-21(27)31-4)22(28)26-13-15(11-18(26)23(29)30)14-32-20-9-5-7-17(25-20)19-8-6-10-33-19/h5-10,15-16,18H,11-14H2,1-4H3,(H,29,30)/t15-,16-,18+/m1/s1. The number of carbonyl (C=O) groups is 3. The fourth-order valence-corrected chi connectivity index (χ4v) is 4.69. The Kier molecular flexibility index (Phi) is 7.73. The number of hydrogen-bond acceptors (Lipinski definition) is 7. The lowest BCUT2D eigenvalue weighted by atomic mass is 9.77. The summed E-state index contributed by atoms with van der Waals surface area (Å²) in [6.45, 7) is 6.06. The van der Waals surface area contributed by atoms with E-state index >= 15 is 0 Å². The average molecular weight is 475 g/mol. The molecule has 1 aliphatic heterocycles. The first-order valence-electron chi connectivity index (χ1n) is 10.8. The fourth-order valence-electron chi connectivity index (χ4n) is 4.00. The van der Waals surface area contributed by atoms with Crippen molar-refractivity contribution in [3.63, 3.8) is 0 Å². The highest BCUT2D eigenvalue weighted by Crippen LogP contribution is 2.35. The van der Waals surface area contributed by atoms with Crippen LogP contribution in [-0.2, 0) is 19.1 Å².